The maximum atomic E-state index is 13.5. The normalized spacial score (nSPS) is 26.4. The van der Waals surface area contributed by atoms with Crippen LogP contribution in [0.1, 0.15) is 44.7 Å². The molecule has 0 aromatic heterocycles. The average molecular weight is 276 g/mol. The number of fused-ring (bicyclic) bond motifs is 1. The van der Waals surface area contributed by atoms with Gasteiger partial charge in [-0.25, -0.2) is 9.40 Å². The van der Waals surface area contributed by atoms with Crippen LogP contribution < -0.4 is 0 Å². The van der Waals surface area contributed by atoms with Crippen molar-refractivity contribution in [3.8, 4) is 0 Å². The Morgan fingerprint density at radius 2 is 2.10 bits per heavy atom. The summed E-state index contributed by atoms with van der Waals surface area (Å²) in [6.45, 7) is 5.82. The van der Waals surface area contributed by atoms with E-state index in [0.717, 1.165) is 37.9 Å². The second-order valence-electron chi connectivity index (χ2n) is 6.45. The molecule has 0 aliphatic carbocycles. The third kappa shape index (κ3) is 2.22. The summed E-state index contributed by atoms with van der Waals surface area (Å²) in [4.78, 5) is 12.8. The molecule has 1 aromatic rings. The number of carbonyl (C=O) groups excluding carboxylic acids is 1. The zero-order valence-electron chi connectivity index (χ0n) is 12.1. The Hall–Kier alpha value is -1.42. The zero-order chi connectivity index (χ0) is 14.3. The first-order chi connectivity index (χ1) is 9.49. The predicted octanol–water partition coefficient (Wildman–Crippen LogP) is 3.14. The molecule has 1 atom stereocenters. The molecule has 0 bridgehead atoms. The molecular weight excluding hydrogens is 255 g/mol. The van der Waals surface area contributed by atoms with Crippen LogP contribution in [0.15, 0.2) is 24.3 Å². The second-order valence-corrected chi connectivity index (χ2v) is 6.45. The van der Waals surface area contributed by atoms with Gasteiger partial charge < -0.3 is 0 Å². The third-order valence-corrected chi connectivity index (χ3v) is 4.50. The number of hydrogen-bond acceptors (Lipinski definition) is 2. The lowest BCUT2D eigenvalue weighted by Crippen LogP contribution is -2.45. The second kappa shape index (κ2) is 4.85. The number of rotatable bonds is 1. The summed E-state index contributed by atoms with van der Waals surface area (Å²) in [7, 11) is 0. The van der Waals surface area contributed by atoms with Crippen LogP contribution in [0.25, 0.3) is 0 Å². The van der Waals surface area contributed by atoms with E-state index in [1.54, 1.807) is 12.1 Å². The van der Waals surface area contributed by atoms with Crippen molar-refractivity contribution in [2.24, 2.45) is 5.41 Å². The molecule has 108 valence electrons. The summed E-state index contributed by atoms with van der Waals surface area (Å²) < 4.78 is 13.5. The SMILES string of the molecule is CC1(C)CCCN2CCC(c3cccc(F)c3)N2C1=O. The highest BCUT2D eigenvalue weighted by atomic mass is 19.1. The highest BCUT2D eigenvalue weighted by Crippen LogP contribution is 2.39. The lowest BCUT2D eigenvalue weighted by molar-refractivity contribution is -0.154. The lowest BCUT2D eigenvalue weighted by Gasteiger charge is -2.34. The molecule has 20 heavy (non-hydrogen) atoms. The highest BCUT2D eigenvalue weighted by molar-refractivity contribution is 5.82. The van der Waals surface area contributed by atoms with Gasteiger partial charge in [0.2, 0.25) is 5.91 Å². The van der Waals surface area contributed by atoms with Gasteiger partial charge in [0.1, 0.15) is 5.82 Å². The number of hydrogen-bond donors (Lipinski definition) is 0. The average Bonchev–Trinajstić information content (AvgIpc) is 2.77. The van der Waals surface area contributed by atoms with Crippen LogP contribution in [0.3, 0.4) is 0 Å². The van der Waals surface area contributed by atoms with E-state index in [1.807, 2.05) is 24.9 Å². The lowest BCUT2D eigenvalue weighted by atomic mass is 9.86. The van der Waals surface area contributed by atoms with Crippen LogP contribution in [-0.2, 0) is 4.79 Å². The molecule has 4 heteroatoms. The number of benzene rings is 1. The van der Waals surface area contributed by atoms with E-state index in [0.29, 0.717) is 0 Å². The van der Waals surface area contributed by atoms with Gasteiger partial charge in [0.25, 0.3) is 0 Å². The van der Waals surface area contributed by atoms with Crippen LogP contribution in [0, 0.1) is 11.2 Å². The molecular formula is C16H21FN2O. The van der Waals surface area contributed by atoms with Crippen molar-refractivity contribution in [3.63, 3.8) is 0 Å². The Balaban J connectivity index is 1.96. The minimum absolute atomic E-state index is 0.0180. The van der Waals surface area contributed by atoms with Gasteiger partial charge in [-0.05, 0) is 37.0 Å². The molecule has 2 fully saturated rings. The van der Waals surface area contributed by atoms with Gasteiger partial charge in [-0.2, -0.15) is 0 Å². The molecule has 0 spiro atoms. The smallest absolute Gasteiger partial charge is 0.243 e. The van der Waals surface area contributed by atoms with Crippen molar-refractivity contribution in [1.82, 2.24) is 10.0 Å². The molecule has 0 N–H and O–H groups in total. The fraction of sp³-hybridized carbons (Fsp3) is 0.562. The Kier molecular flexibility index (Phi) is 3.28. The van der Waals surface area contributed by atoms with Crippen molar-refractivity contribution in [3.05, 3.63) is 35.6 Å². The van der Waals surface area contributed by atoms with Gasteiger partial charge in [-0.15, -0.1) is 0 Å². The van der Waals surface area contributed by atoms with Gasteiger partial charge >= 0.3 is 0 Å². The van der Waals surface area contributed by atoms with Gasteiger partial charge in [-0.1, -0.05) is 26.0 Å². The van der Waals surface area contributed by atoms with E-state index in [1.165, 1.54) is 6.07 Å². The van der Waals surface area contributed by atoms with E-state index in [-0.39, 0.29) is 23.2 Å². The first-order valence-corrected chi connectivity index (χ1v) is 7.33. The monoisotopic (exact) mass is 276 g/mol. The van der Waals surface area contributed by atoms with E-state index in [9.17, 15) is 9.18 Å². The summed E-state index contributed by atoms with van der Waals surface area (Å²) >= 11 is 0. The molecule has 2 aliphatic rings. The molecule has 0 saturated carbocycles. The first-order valence-electron chi connectivity index (χ1n) is 7.33. The van der Waals surface area contributed by atoms with Gasteiger partial charge in [0, 0.05) is 18.5 Å². The number of nitrogens with zero attached hydrogens (tertiary/aromatic N) is 2. The summed E-state index contributed by atoms with van der Waals surface area (Å²) in [6, 6.07) is 6.63. The van der Waals surface area contributed by atoms with Crippen molar-refractivity contribution in [1.29, 1.82) is 0 Å². The van der Waals surface area contributed by atoms with Crippen molar-refractivity contribution in [2.75, 3.05) is 13.1 Å². The minimum Gasteiger partial charge on any atom is -0.273 e. The maximum Gasteiger partial charge on any atom is 0.243 e. The highest BCUT2D eigenvalue weighted by Gasteiger charge is 2.44. The van der Waals surface area contributed by atoms with E-state index >= 15 is 0 Å². The number of hydrazine groups is 1. The van der Waals surface area contributed by atoms with E-state index < -0.39 is 0 Å². The van der Waals surface area contributed by atoms with Crippen LogP contribution >= 0.6 is 0 Å². The van der Waals surface area contributed by atoms with Crippen LogP contribution in [0.2, 0.25) is 0 Å². The van der Waals surface area contributed by atoms with Crippen LogP contribution in [-0.4, -0.2) is 29.0 Å². The molecule has 3 rings (SSSR count). The minimum atomic E-state index is -0.329. The molecule has 3 nitrogen and oxygen atoms in total. The molecule has 1 amide bonds. The Morgan fingerprint density at radius 3 is 2.85 bits per heavy atom. The van der Waals surface area contributed by atoms with Crippen molar-refractivity contribution < 1.29 is 9.18 Å². The zero-order valence-corrected chi connectivity index (χ0v) is 12.1. The van der Waals surface area contributed by atoms with Gasteiger partial charge in [0.15, 0.2) is 0 Å². The standard InChI is InChI=1S/C16H21FN2O/c1-16(2)8-4-9-18-10-7-14(19(18)15(16)20)12-5-3-6-13(17)11-12/h3,5-6,11,14H,4,7-10H2,1-2H3. The van der Waals surface area contributed by atoms with Gasteiger partial charge in [0.05, 0.1) is 6.04 Å². The van der Waals surface area contributed by atoms with Gasteiger partial charge in [-0.3, -0.25) is 9.80 Å². The summed E-state index contributed by atoms with van der Waals surface area (Å²) in [5.41, 5.74) is 0.573. The summed E-state index contributed by atoms with van der Waals surface area (Å²) in [6.07, 6.45) is 2.82. The number of halogens is 1. The van der Waals surface area contributed by atoms with E-state index in [2.05, 4.69) is 5.01 Å². The summed E-state index contributed by atoms with van der Waals surface area (Å²) in [5.74, 6) is -0.0655. The fourth-order valence-corrected chi connectivity index (χ4v) is 3.33. The largest absolute Gasteiger partial charge is 0.273 e. The predicted molar refractivity (Wildman–Crippen MR) is 75.2 cm³/mol. The molecule has 0 radical (unpaired) electrons. The Morgan fingerprint density at radius 1 is 1.30 bits per heavy atom. The number of amides is 1. The molecule has 2 saturated heterocycles. The topological polar surface area (TPSA) is 23.6 Å². The summed E-state index contributed by atoms with van der Waals surface area (Å²) in [5, 5.41) is 4.04. The Bertz CT molecular complexity index is 529. The number of carbonyl (C=O) groups is 1. The quantitative estimate of drug-likeness (QED) is 0.786. The molecule has 1 unspecified atom stereocenters. The van der Waals surface area contributed by atoms with Crippen molar-refractivity contribution >= 4 is 5.91 Å². The first kappa shape index (κ1) is 13.6. The Labute approximate surface area is 119 Å². The fourth-order valence-electron chi connectivity index (χ4n) is 3.33. The van der Waals surface area contributed by atoms with E-state index in [4.69, 9.17) is 0 Å². The van der Waals surface area contributed by atoms with Crippen LogP contribution in [0.4, 0.5) is 4.39 Å². The van der Waals surface area contributed by atoms with Crippen molar-refractivity contribution in [2.45, 2.75) is 39.2 Å². The van der Waals surface area contributed by atoms with Crippen LogP contribution in [0.5, 0.6) is 0 Å². The maximum absolute atomic E-state index is 13.5. The molecule has 2 aliphatic heterocycles. The molecule has 2 heterocycles. The third-order valence-electron chi connectivity index (χ3n) is 4.50. The molecule has 1 aromatic carbocycles.